The third-order valence-electron chi connectivity index (χ3n) is 2.58. The van der Waals surface area contributed by atoms with Crippen molar-refractivity contribution in [3.63, 3.8) is 0 Å². The van der Waals surface area contributed by atoms with Gasteiger partial charge >= 0.3 is 0 Å². The maximum Gasteiger partial charge on any atom is 0.251 e. The highest BCUT2D eigenvalue weighted by atomic mass is 32.1. The van der Waals surface area contributed by atoms with Gasteiger partial charge < -0.3 is 11.1 Å². The van der Waals surface area contributed by atoms with Gasteiger partial charge in [-0.1, -0.05) is 6.07 Å². The molecule has 7 heteroatoms. The van der Waals surface area contributed by atoms with Gasteiger partial charge in [0.15, 0.2) is 0 Å². The minimum atomic E-state index is -0.790. The lowest BCUT2D eigenvalue weighted by molar-refractivity contribution is -0.115. The van der Waals surface area contributed by atoms with Crippen molar-refractivity contribution in [2.45, 2.75) is 6.42 Å². The summed E-state index contributed by atoms with van der Waals surface area (Å²) in [7, 11) is 0. The molecule has 4 nitrogen and oxygen atoms in total. The Labute approximate surface area is 117 Å². The third-order valence-corrected chi connectivity index (χ3v) is 3.41. The van der Waals surface area contributed by atoms with Gasteiger partial charge in [0.25, 0.3) is 5.91 Å². The zero-order chi connectivity index (χ0) is 14.7. The normalized spacial score (nSPS) is 10.3. The Morgan fingerprint density at radius 1 is 1.20 bits per heavy atom. The Bertz CT molecular complexity index is 650. The van der Waals surface area contributed by atoms with Crippen LogP contribution in [0.15, 0.2) is 29.6 Å². The molecule has 2 rings (SSSR count). The molecule has 2 amide bonds. The van der Waals surface area contributed by atoms with Gasteiger partial charge in [-0.05, 0) is 23.6 Å². The minimum absolute atomic E-state index is 0.164. The van der Waals surface area contributed by atoms with Gasteiger partial charge in [0.1, 0.15) is 16.6 Å². The number of amides is 2. The molecule has 20 heavy (non-hydrogen) atoms. The summed E-state index contributed by atoms with van der Waals surface area (Å²) < 4.78 is 26.8. The summed E-state index contributed by atoms with van der Waals surface area (Å²) in [5.41, 5.74) is 4.98. The Balaban J connectivity index is 2.14. The molecular formula is C13H10F2N2O2S. The molecule has 104 valence electrons. The average Bonchev–Trinajstić information content (AvgIpc) is 2.82. The van der Waals surface area contributed by atoms with E-state index in [1.54, 1.807) is 5.38 Å². The summed E-state index contributed by atoms with van der Waals surface area (Å²) in [6.07, 6.45) is -0.464. The van der Waals surface area contributed by atoms with Crippen molar-refractivity contribution in [3.05, 3.63) is 52.4 Å². The van der Waals surface area contributed by atoms with E-state index in [0.717, 1.165) is 23.5 Å². The number of benzene rings is 1. The number of nitrogens with two attached hydrogens (primary N) is 1. The highest BCUT2D eigenvalue weighted by molar-refractivity contribution is 7.14. The van der Waals surface area contributed by atoms with Crippen LogP contribution < -0.4 is 11.1 Å². The van der Waals surface area contributed by atoms with E-state index in [1.807, 2.05) is 0 Å². The predicted octanol–water partition coefficient (Wildman–Crippen LogP) is 2.31. The fraction of sp³-hybridized carbons (Fsp3) is 0.0769. The molecule has 1 heterocycles. The second kappa shape index (κ2) is 5.79. The molecule has 0 unspecified atom stereocenters. The summed E-state index contributed by atoms with van der Waals surface area (Å²) in [4.78, 5) is 22.9. The zero-order valence-corrected chi connectivity index (χ0v) is 11.0. The van der Waals surface area contributed by atoms with Gasteiger partial charge in [-0.2, -0.15) is 0 Å². The molecule has 2 aromatic rings. The molecule has 0 saturated heterocycles. The Morgan fingerprint density at radius 2 is 1.85 bits per heavy atom. The molecule has 0 spiro atoms. The number of halogens is 2. The summed E-state index contributed by atoms with van der Waals surface area (Å²) in [5.74, 6) is -2.89. The molecule has 0 radical (unpaired) electrons. The van der Waals surface area contributed by atoms with E-state index in [1.165, 1.54) is 12.1 Å². The highest BCUT2D eigenvalue weighted by Crippen LogP contribution is 2.23. The average molecular weight is 296 g/mol. The van der Waals surface area contributed by atoms with Gasteiger partial charge in [-0.3, -0.25) is 9.59 Å². The number of carbonyl (C=O) groups is 2. The van der Waals surface area contributed by atoms with Gasteiger partial charge in [0.05, 0.1) is 12.0 Å². The lowest BCUT2D eigenvalue weighted by Gasteiger charge is -2.06. The van der Waals surface area contributed by atoms with E-state index in [-0.39, 0.29) is 16.1 Å². The number of anilines is 1. The van der Waals surface area contributed by atoms with Crippen molar-refractivity contribution >= 4 is 28.2 Å². The first kappa shape index (κ1) is 14.1. The summed E-state index contributed by atoms with van der Waals surface area (Å²) in [6, 6.07) is 4.83. The maximum absolute atomic E-state index is 13.4. The fourth-order valence-corrected chi connectivity index (χ4v) is 2.44. The van der Waals surface area contributed by atoms with E-state index in [4.69, 9.17) is 5.73 Å². The lowest BCUT2D eigenvalue weighted by Crippen LogP contribution is -2.18. The molecule has 1 aromatic heterocycles. The number of primary amides is 1. The molecule has 0 bridgehead atoms. The van der Waals surface area contributed by atoms with Crippen molar-refractivity contribution in [1.82, 2.24) is 0 Å². The van der Waals surface area contributed by atoms with Gasteiger partial charge in [-0.25, -0.2) is 8.78 Å². The number of nitrogens with one attached hydrogen (secondary N) is 1. The van der Waals surface area contributed by atoms with Crippen LogP contribution in [0.25, 0.3) is 0 Å². The van der Waals surface area contributed by atoms with Crippen molar-refractivity contribution in [2.75, 3.05) is 5.32 Å². The van der Waals surface area contributed by atoms with Crippen LogP contribution in [-0.2, 0) is 11.2 Å². The van der Waals surface area contributed by atoms with Crippen LogP contribution in [0, 0.1) is 11.6 Å². The minimum Gasteiger partial charge on any atom is -0.366 e. The molecule has 0 fully saturated rings. The number of thiophene rings is 1. The number of carbonyl (C=O) groups excluding carboxylic acids is 2. The first-order valence-electron chi connectivity index (χ1n) is 5.59. The lowest BCUT2D eigenvalue weighted by atomic mass is 10.1. The second-order valence-corrected chi connectivity index (χ2v) is 4.87. The second-order valence-electron chi connectivity index (χ2n) is 3.95. The number of rotatable bonds is 4. The topological polar surface area (TPSA) is 72.2 Å². The molecule has 0 aliphatic rings. The van der Waals surface area contributed by atoms with E-state index in [9.17, 15) is 18.4 Å². The van der Waals surface area contributed by atoms with E-state index in [0.29, 0.717) is 0 Å². The Hall–Kier alpha value is -2.28. The van der Waals surface area contributed by atoms with E-state index in [2.05, 4.69) is 5.32 Å². The summed E-state index contributed by atoms with van der Waals surface area (Å²) in [5, 5.41) is 4.27. The van der Waals surface area contributed by atoms with Gasteiger partial charge in [-0.15, -0.1) is 11.3 Å². The molecule has 3 N–H and O–H groups in total. The van der Waals surface area contributed by atoms with Crippen LogP contribution in [0.1, 0.15) is 15.9 Å². The van der Waals surface area contributed by atoms with Crippen LogP contribution in [0.3, 0.4) is 0 Å². The van der Waals surface area contributed by atoms with Crippen LogP contribution in [0.4, 0.5) is 13.8 Å². The van der Waals surface area contributed by atoms with Crippen molar-refractivity contribution in [3.8, 4) is 0 Å². The quantitative estimate of drug-likeness (QED) is 0.908. The largest absolute Gasteiger partial charge is 0.366 e. The molecule has 0 atom stereocenters. The van der Waals surface area contributed by atoms with E-state index >= 15 is 0 Å². The molecule has 0 aliphatic carbocycles. The van der Waals surface area contributed by atoms with Crippen molar-refractivity contribution in [1.29, 1.82) is 0 Å². The van der Waals surface area contributed by atoms with E-state index < -0.39 is 29.9 Å². The van der Waals surface area contributed by atoms with Crippen LogP contribution in [0.2, 0.25) is 0 Å². The van der Waals surface area contributed by atoms with Crippen LogP contribution in [-0.4, -0.2) is 11.8 Å². The molecule has 0 saturated carbocycles. The first-order chi connectivity index (χ1) is 9.49. The number of hydrogen-bond donors (Lipinski definition) is 2. The maximum atomic E-state index is 13.4. The fourth-order valence-electron chi connectivity index (χ4n) is 1.63. The Kier molecular flexibility index (Phi) is 4.09. The smallest absolute Gasteiger partial charge is 0.251 e. The third kappa shape index (κ3) is 3.00. The molecular weight excluding hydrogens is 286 g/mol. The SMILES string of the molecule is NC(=O)c1ccsc1NC(=O)Cc1c(F)cccc1F. The van der Waals surface area contributed by atoms with Crippen molar-refractivity contribution in [2.24, 2.45) is 5.73 Å². The molecule has 1 aromatic carbocycles. The Morgan fingerprint density at radius 3 is 2.45 bits per heavy atom. The molecule has 0 aliphatic heterocycles. The standard InChI is InChI=1S/C13H10F2N2O2S/c14-9-2-1-3-10(15)8(9)6-11(18)17-13-7(12(16)19)4-5-20-13/h1-5H,6H2,(H2,16,19)(H,17,18). The highest BCUT2D eigenvalue weighted by Gasteiger charge is 2.16. The summed E-state index contributed by atoms with van der Waals surface area (Å²) in [6.45, 7) is 0. The zero-order valence-electron chi connectivity index (χ0n) is 10.2. The number of hydrogen-bond acceptors (Lipinski definition) is 3. The van der Waals surface area contributed by atoms with Gasteiger partial charge in [0.2, 0.25) is 5.91 Å². The summed E-state index contributed by atoms with van der Waals surface area (Å²) >= 11 is 1.10. The monoisotopic (exact) mass is 296 g/mol. The van der Waals surface area contributed by atoms with Crippen LogP contribution >= 0.6 is 11.3 Å². The van der Waals surface area contributed by atoms with Crippen molar-refractivity contribution < 1.29 is 18.4 Å². The van der Waals surface area contributed by atoms with Crippen LogP contribution in [0.5, 0.6) is 0 Å². The first-order valence-corrected chi connectivity index (χ1v) is 6.47. The van der Waals surface area contributed by atoms with Gasteiger partial charge in [0, 0.05) is 5.56 Å². The predicted molar refractivity (Wildman–Crippen MR) is 71.5 cm³/mol.